The van der Waals surface area contributed by atoms with Crippen LogP contribution in [0.4, 0.5) is 0 Å². The minimum Gasteiger partial charge on any atom is -0.236 e. The van der Waals surface area contributed by atoms with Crippen LogP contribution in [0.25, 0.3) is 0 Å². The Balaban J connectivity index is 2.12. The highest BCUT2D eigenvalue weighted by Gasteiger charge is 2.11. The molecule has 1 aromatic rings. The zero-order valence-electron chi connectivity index (χ0n) is 10.7. The largest absolute Gasteiger partial charge is 0.236 e. The lowest BCUT2D eigenvalue weighted by Gasteiger charge is -2.09. The summed E-state index contributed by atoms with van der Waals surface area (Å²) in [6.07, 6.45) is 11.9. The predicted molar refractivity (Wildman–Crippen MR) is 76.4 cm³/mol. The van der Waals surface area contributed by atoms with Crippen molar-refractivity contribution in [2.24, 2.45) is 0 Å². The molecule has 100 valence electrons. The first-order chi connectivity index (χ1) is 8.77. The minimum absolute atomic E-state index is 0.548. The monoisotopic (exact) mass is 286 g/mol. The van der Waals surface area contributed by atoms with Gasteiger partial charge in [-0.25, -0.2) is 9.97 Å². The third-order valence-corrected chi connectivity index (χ3v) is 4.12. The molecule has 4 heteroatoms. The molecule has 0 fully saturated rings. The highest BCUT2D eigenvalue weighted by atomic mass is 35.5. The molecule has 2 bridgehead atoms. The molecule has 0 spiro atoms. The summed E-state index contributed by atoms with van der Waals surface area (Å²) in [7, 11) is 0. The Morgan fingerprint density at radius 3 is 1.28 bits per heavy atom. The molecule has 18 heavy (non-hydrogen) atoms. The number of fused-ring (bicyclic) bond motifs is 11. The van der Waals surface area contributed by atoms with Crippen LogP contribution in [0, 0.1) is 0 Å². The summed E-state index contributed by atoms with van der Waals surface area (Å²) in [5.41, 5.74) is 1.73. The van der Waals surface area contributed by atoms with E-state index >= 15 is 0 Å². The molecule has 0 saturated heterocycles. The Bertz CT molecular complexity index is 356. The zero-order chi connectivity index (χ0) is 12.8. The predicted octanol–water partition coefficient (Wildman–Crippen LogP) is 5.00. The second kappa shape index (κ2) is 7.30. The van der Waals surface area contributed by atoms with Crippen molar-refractivity contribution in [1.82, 2.24) is 9.97 Å². The van der Waals surface area contributed by atoms with E-state index in [1.807, 2.05) is 0 Å². The second-order valence-electron chi connectivity index (χ2n) is 5.03. The van der Waals surface area contributed by atoms with Gasteiger partial charge in [-0.2, -0.15) is 0 Å². The van der Waals surface area contributed by atoms with Gasteiger partial charge in [-0.15, -0.1) is 0 Å². The van der Waals surface area contributed by atoms with Crippen LogP contribution < -0.4 is 0 Å². The van der Waals surface area contributed by atoms with Gasteiger partial charge in [-0.05, 0) is 25.7 Å². The van der Waals surface area contributed by atoms with Crippen LogP contribution in [0.2, 0.25) is 10.3 Å². The fourth-order valence-corrected chi connectivity index (χ4v) is 2.90. The SMILES string of the molecule is Clc1nc2c(Cl)nc1CCCCCCCCCC2. The smallest absolute Gasteiger partial charge is 0.150 e. The van der Waals surface area contributed by atoms with E-state index in [1.165, 1.54) is 38.5 Å². The molecule has 0 unspecified atom stereocenters. The number of nitrogens with zero attached hydrogens (tertiary/aromatic N) is 2. The molecule has 3 rings (SSSR count). The van der Waals surface area contributed by atoms with E-state index in [2.05, 4.69) is 9.97 Å². The van der Waals surface area contributed by atoms with Crippen molar-refractivity contribution in [3.63, 3.8) is 0 Å². The van der Waals surface area contributed by atoms with Crippen molar-refractivity contribution in [2.45, 2.75) is 64.2 Å². The molecule has 0 saturated carbocycles. The van der Waals surface area contributed by atoms with Crippen LogP contribution in [0.3, 0.4) is 0 Å². The molecule has 0 amide bonds. The van der Waals surface area contributed by atoms with Crippen LogP contribution in [-0.2, 0) is 12.8 Å². The van der Waals surface area contributed by atoms with Gasteiger partial charge in [-0.3, -0.25) is 0 Å². The summed E-state index contributed by atoms with van der Waals surface area (Å²) in [5, 5.41) is 1.10. The maximum Gasteiger partial charge on any atom is 0.150 e. The van der Waals surface area contributed by atoms with E-state index < -0.39 is 0 Å². The normalized spacial score (nSPS) is 18.6. The van der Waals surface area contributed by atoms with Crippen LogP contribution >= 0.6 is 23.2 Å². The number of aromatic nitrogens is 2. The van der Waals surface area contributed by atoms with E-state index in [9.17, 15) is 0 Å². The lowest BCUT2D eigenvalue weighted by Crippen LogP contribution is -2.02. The van der Waals surface area contributed by atoms with Crippen molar-refractivity contribution in [3.05, 3.63) is 21.7 Å². The second-order valence-corrected chi connectivity index (χ2v) is 5.74. The van der Waals surface area contributed by atoms with Crippen LogP contribution in [0.15, 0.2) is 0 Å². The van der Waals surface area contributed by atoms with Crippen molar-refractivity contribution in [3.8, 4) is 0 Å². The number of rotatable bonds is 0. The van der Waals surface area contributed by atoms with Gasteiger partial charge < -0.3 is 0 Å². The molecule has 0 aliphatic carbocycles. The average Bonchev–Trinajstić information content (AvgIpc) is 2.36. The van der Waals surface area contributed by atoms with Gasteiger partial charge in [0.25, 0.3) is 0 Å². The van der Waals surface area contributed by atoms with Crippen molar-refractivity contribution in [2.75, 3.05) is 0 Å². The zero-order valence-corrected chi connectivity index (χ0v) is 12.2. The standard InChI is InChI=1S/C14H20Cl2N2/c15-13-11-9-7-5-3-1-2-4-6-8-10-12(18-13)14(16)17-11/h1-10H2. The Morgan fingerprint density at radius 2 is 0.889 bits per heavy atom. The van der Waals surface area contributed by atoms with Gasteiger partial charge in [-0.1, -0.05) is 61.7 Å². The highest BCUT2D eigenvalue weighted by molar-refractivity contribution is 6.32. The third-order valence-electron chi connectivity index (χ3n) is 3.52. The molecular formula is C14H20Cl2N2. The van der Waals surface area contributed by atoms with Crippen molar-refractivity contribution in [1.29, 1.82) is 0 Å². The van der Waals surface area contributed by atoms with Gasteiger partial charge in [0.15, 0.2) is 10.3 Å². The number of aryl methyl sites for hydroxylation is 2. The fourth-order valence-electron chi connectivity index (χ4n) is 2.42. The number of hydrogen-bond acceptors (Lipinski definition) is 2. The topological polar surface area (TPSA) is 25.8 Å². The highest BCUT2D eigenvalue weighted by Crippen LogP contribution is 2.22. The molecule has 0 N–H and O–H groups in total. The van der Waals surface area contributed by atoms with Crippen LogP contribution in [-0.4, -0.2) is 9.97 Å². The van der Waals surface area contributed by atoms with Gasteiger partial charge in [0.1, 0.15) is 0 Å². The molecule has 0 radical (unpaired) electrons. The van der Waals surface area contributed by atoms with E-state index in [4.69, 9.17) is 23.2 Å². The first-order valence-electron chi connectivity index (χ1n) is 6.98. The molecule has 0 atom stereocenters. The van der Waals surface area contributed by atoms with E-state index in [0.29, 0.717) is 10.3 Å². The summed E-state index contributed by atoms with van der Waals surface area (Å²) in [6, 6.07) is 0. The Hall–Kier alpha value is -0.340. The van der Waals surface area contributed by atoms with Crippen molar-refractivity contribution >= 4 is 23.2 Å². The maximum absolute atomic E-state index is 6.17. The summed E-state index contributed by atoms with van der Waals surface area (Å²) in [5.74, 6) is 0. The minimum atomic E-state index is 0.548. The van der Waals surface area contributed by atoms with Gasteiger partial charge in [0.2, 0.25) is 0 Å². The number of halogens is 2. The lowest BCUT2D eigenvalue weighted by molar-refractivity contribution is 0.561. The van der Waals surface area contributed by atoms with E-state index in [1.54, 1.807) is 0 Å². The molecule has 2 aliphatic rings. The lowest BCUT2D eigenvalue weighted by atomic mass is 10.0. The first kappa shape index (κ1) is 14.1. The summed E-state index contributed by atoms with van der Waals surface area (Å²) in [4.78, 5) is 8.82. The first-order valence-corrected chi connectivity index (χ1v) is 7.74. The quantitative estimate of drug-likeness (QED) is 0.670. The summed E-state index contributed by atoms with van der Waals surface area (Å²) >= 11 is 12.3. The fraction of sp³-hybridized carbons (Fsp3) is 0.714. The third kappa shape index (κ3) is 4.10. The van der Waals surface area contributed by atoms with E-state index in [-0.39, 0.29) is 0 Å². The van der Waals surface area contributed by atoms with Gasteiger partial charge in [0, 0.05) is 0 Å². The van der Waals surface area contributed by atoms with Crippen molar-refractivity contribution < 1.29 is 0 Å². The molecule has 2 nitrogen and oxygen atoms in total. The Labute approximate surface area is 119 Å². The molecular weight excluding hydrogens is 267 g/mol. The Kier molecular flexibility index (Phi) is 5.71. The number of hydrogen-bond donors (Lipinski definition) is 0. The average molecular weight is 287 g/mol. The van der Waals surface area contributed by atoms with Gasteiger partial charge >= 0.3 is 0 Å². The molecule has 2 aliphatic heterocycles. The Morgan fingerprint density at radius 1 is 0.556 bits per heavy atom. The molecule has 3 heterocycles. The molecule has 1 aromatic heterocycles. The van der Waals surface area contributed by atoms with E-state index in [0.717, 1.165) is 37.1 Å². The molecule has 0 aromatic carbocycles. The summed E-state index contributed by atoms with van der Waals surface area (Å²) in [6.45, 7) is 0. The van der Waals surface area contributed by atoms with Gasteiger partial charge in [0.05, 0.1) is 11.4 Å². The summed E-state index contributed by atoms with van der Waals surface area (Å²) < 4.78 is 0. The van der Waals surface area contributed by atoms with Crippen LogP contribution in [0.1, 0.15) is 62.8 Å². The van der Waals surface area contributed by atoms with Crippen LogP contribution in [0.5, 0.6) is 0 Å². The maximum atomic E-state index is 6.17.